The molecule has 27 heavy (non-hydrogen) atoms. The Morgan fingerprint density at radius 3 is 2.52 bits per heavy atom. The summed E-state index contributed by atoms with van der Waals surface area (Å²) >= 11 is 0. The Bertz CT molecular complexity index is 910. The van der Waals surface area contributed by atoms with Gasteiger partial charge in [-0.05, 0) is 29.7 Å². The van der Waals surface area contributed by atoms with Crippen molar-refractivity contribution in [3.63, 3.8) is 0 Å². The van der Waals surface area contributed by atoms with Gasteiger partial charge in [-0.3, -0.25) is 4.21 Å². The molecule has 140 valence electrons. The van der Waals surface area contributed by atoms with Crippen molar-refractivity contribution in [1.82, 2.24) is 15.5 Å². The van der Waals surface area contributed by atoms with E-state index in [0.717, 1.165) is 11.1 Å². The zero-order valence-corrected chi connectivity index (χ0v) is 15.3. The second kappa shape index (κ2) is 9.09. The highest BCUT2D eigenvalue weighted by atomic mass is 32.2. The van der Waals surface area contributed by atoms with Gasteiger partial charge in [-0.1, -0.05) is 47.6 Å². The fraction of sp³-hybridized carbons (Fsp3) is 0.211. The number of rotatable bonds is 8. The van der Waals surface area contributed by atoms with E-state index in [1.165, 1.54) is 0 Å². The van der Waals surface area contributed by atoms with Crippen molar-refractivity contribution >= 4 is 16.9 Å². The van der Waals surface area contributed by atoms with Crippen molar-refractivity contribution in [2.75, 3.05) is 6.54 Å². The number of nitrogens with zero attached hydrogens (tertiary/aromatic N) is 2. The Morgan fingerprint density at radius 1 is 1.07 bits per heavy atom. The van der Waals surface area contributed by atoms with Crippen LogP contribution in [0.25, 0.3) is 0 Å². The third kappa shape index (κ3) is 5.75. The van der Waals surface area contributed by atoms with E-state index in [9.17, 15) is 9.00 Å². The lowest BCUT2D eigenvalue weighted by Gasteiger charge is -2.04. The number of nitrogens with one attached hydrogen (secondary N) is 1. The van der Waals surface area contributed by atoms with Gasteiger partial charge < -0.3 is 14.9 Å². The van der Waals surface area contributed by atoms with Crippen molar-refractivity contribution in [2.24, 2.45) is 0 Å². The number of benzene rings is 2. The molecule has 0 aliphatic carbocycles. The molecule has 0 aliphatic rings. The fourth-order valence-electron chi connectivity index (χ4n) is 2.51. The van der Waals surface area contributed by atoms with E-state index < -0.39 is 16.9 Å². The van der Waals surface area contributed by atoms with Crippen LogP contribution < -0.4 is 5.32 Å². The summed E-state index contributed by atoms with van der Waals surface area (Å²) in [6.45, 7) is 0.338. The summed E-state index contributed by atoms with van der Waals surface area (Å²) in [5.74, 6) is 1.08. The van der Waals surface area contributed by atoms with Crippen LogP contribution in [-0.4, -0.2) is 32.1 Å². The van der Waals surface area contributed by atoms with Crippen LogP contribution in [0, 0.1) is 0 Å². The van der Waals surface area contributed by atoms with E-state index in [2.05, 4.69) is 15.5 Å². The lowest BCUT2D eigenvalue weighted by molar-refractivity contribution is 0.194. The predicted octanol–water partition coefficient (Wildman–Crippen LogP) is 2.78. The summed E-state index contributed by atoms with van der Waals surface area (Å²) in [4.78, 5) is 15.4. The average molecular weight is 385 g/mol. The molecule has 2 aromatic carbocycles. The Kier molecular flexibility index (Phi) is 6.32. The van der Waals surface area contributed by atoms with Crippen molar-refractivity contribution in [3.8, 4) is 0 Å². The number of aromatic nitrogens is 2. The number of hydrogen-bond donors (Lipinski definition) is 2. The average Bonchev–Trinajstić information content (AvgIpc) is 3.09. The van der Waals surface area contributed by atoms with E-state index in [0.29, 0.717) is 36.0 Å². The molecule has 2 N–H and O–H groups in total. The lowest BCUT2D eigenvalue weighted by atomic mass is 10.1. The first-order chi connectivity index (χ1) is 13.1. The minimum Gasteiger partial charge on any atom is -0.465 e. The molecule has 0 unspecified atom stereocenters. The molecular weight excluding hydrogens is 366 g/mol. The molecule has 8 heteroatoms. The second-order valence-corrected chi connectivity index (χ2v) is 7.33. The summed E-state index contributed by atoms with van der Waals surface area (Å²) in [5.41, 5.74) is 2.04. The standard InChI is InChI=1S/C19H19N3O4S/c23-19(24)20-11-10-14-6-8-16(9-7-14)27(25)13-17-21-18(26-22-17)12-15-4-2-1-3-5-15/h1-9,20H,10-13H2,(H,23,24)/t27-/m1/s1. The van der Waals surface area contributed by atoms with Crippen molar-refractivity contribution in [1.29, 1.82) is 0 Å². The molecule has 1 heterocycles. The lowest BCUT2D eigenvalue weighted by Crippen LogP contribution is -2.23. The Morgan fingerprint density at radius 2 is 1.81 bits per heavy atom. The SMILES string of the molecule is O=C(O)NCCc1ccc([S@](=O)Cc2noc(Cc3ccccc3)n2)cc1. The van der Waals surface area contributed by atoms with Crippen LogP contribution in [0.4, 0.5) is 4.79 Å². The Labute approximate surface area is 158 Å². The summed E-state index contributed by atoms with van der Waals surface area (Å²) in [7, 11) is -1.28. The molecule has 0 aliphatic heterocycles. The topological polar surface area (TPSA) is 105 Å². The molecule has 0 saturated carbocycles. The zero-order valence-electron chi connectivity index (χ0n) is 14.5. The van der Waals surface area contributed by atoms with Crippen LogP contribution in [-0.2, 0) is 29.4 Å². The van der Waals surface area contributed by atoms with Gasteiger partial charge in [0.25, 0.3) is 0 Å². The maximum Gasteiger partial charge on any atom is 0.404 e. The molecule has 0 radical (unpaired) electrons. The first kappa shape index (κ1) is 18.8. The van der Waals surface area contributed by atoms with E-state index in [4.69, 9.17) is 9.63 Å². The van der Waals surface area contributed by atoms with Crippen molar-refractivity contribution in [2.45, 2.75) is 23.5 Å². The number of carboxylic acid groups (broad SMARTS) is 1. The number of amides is 1. The van der Waals surface area contributed by atoms with Crippen molar-refractivity contribution in [3.05, 3.63) is 77.4 Å². The van der Waals surface area contributed by atoms with Gasteiger partial charge in [0.05, 0.1) is 23.0 Å². The summed E-state index contributed by atoms with van der Waals surface area (Å²) in [6, 6.07) is 17.0. The third-order valence-electron chi connectivity index (χ3n) is 3.84. The third-order valence-corrected chi connectivity index (χ3v) is 5.16. The van der Waals surface area contributed by atoms with Gasteiger partial charge in [-0.15, -0.1) is 0 Å². The van der Waals surface area contributed by atoms with Gasteiger partial charge >= 0.3 is 6.09 Å². The molecule has 1 atom stereocenters. The highest BCUT2D eigenvalue weighted by Crippen LogP contribution is 2.14. The quantitative estimate of drug-likeness (QED) is 0.618. The van der Waals surface area contributed by atoms with E-state index in [-0.39, 0.29) is 5.75 Å². The molecule has 3 aromatic rings. The monoisotopic (exact) mass is 385 g/mol. The predicted molar refractivity (Wildman–Crippen MR) is 99.8 cm³/mol. The smallest absolute Gasteiger partial charge is 0.404 e. The molecule has 1 aromatic heterocycles. The highest BCUT2D eigenvalue weighted by molar-refractivity contribution is 7.84. The maximum absolute atomic E-state index is 12.5. The molecule has 0 fully saturated rings. The normalized spacial score (nSPS) is 11.9. The summed E-state index contributed by atoms with van der Waals surface area (Å²) < 4.78 is 17.7. The van der Waals surface area contributed by atoms with Gasteiger partial charge in [0.2, 0.25) is 5.89 Å². The van der Waals surface area contributed by atoms with E-state index >= 15 is 0 Å². The van der Waals surface area contributed by atoms with Gasteiger partial charge in [0.1, 0.15) is 0 Å². The van der Waals surface area contributed by atoms with Crippen LogP contribution in [0.5, 0.6) is 0 Å². The van der Waals surface area contributed by atoms with Crippen molar-refractivity contribution < 1.29 is 18.6 Å². The van der Waals surface area contributed by atoms with Gasteiger partial charge in [-0.25, -0.2) is 4.79 Å². The molecule has 0 saturated heterocycles. The Hall–Kier alpha value is -3.00. The first-order valence-corrected chi connectivity index (χ1v) is 9.71. The summed E-state index contributed by atoms with van der Waals surface area (Å²) in [5, 5.41) is 14.8. The highest BCUT2D eigenvalue weighted by Gasteiger charge is 2.12. The van der Waals surface area contributed by atoms with Gasteiger partial charge in [-0.2, -0.15) is 4.98 Å². The Balaban J connectivity index is 1.55. The molecule has 7 nitrogen and oxygen atoms in total. The van der Waals surface area contributed by atoms with Crippen LogP contribution in [0.3, 0.4) is 0 Å². The fourth-order valence-corrected chi connectivity index (χ4v) is 3.47. The van der Waals surface area contributed by atoms with E-state index in [1.807, 2.05) is 42.5 Å². The number of hydrogen-bond acceptors (Lipinski definition) is 5. The van der Waals surface area contributed by atoms with Crippen LogP contribution in [0.1, 0.15) is 22.8 Å². The number of carbonyl (C=O) groups is 1. The van der Waals surface area contributed by atoms with Crippen LogP contribution in [0.15, 0.2) is 64.0 Å². The minimum absolute atomic E-state index is 0.179. The molecule has 0 bridgehead atoms. The van der Waals surface area contributed by atoms with Gasteiger partial charge in [0.15, 0.2) is 5.82 Å². The zero-order chi connectivity index (χ0) is 19.1. The minimum atomic E-state index is -1.28. The van der Waals surface area contributed by atoms with Crippen LogP contribution >= 0.6 is 0 Å². The summed E-state index contributed by atoms with van der Waals surface area (Å²) in [6.07, 6.45) is 0.0754. The first-order valence-electron chi connectivity index (χ1n) is 8.39. The molecule has 0 spiro atoms. The van der Waals surface area contributed by atoms with E-state index in [1.54, 1.807) is 12.1 Å². The second-order valence-electron chi connectivity index (χ2n) is 5.88. The molecular formula is C19H19N3O4S. The molecule has 3 rings (SSSR count). The largest absolute Gasteiger partial charge is 0.465 e. The van der Waals surface area contributed by atoms with Crippen LogP contribution in [0.2, 0.25) is 0 Å². The maximum atomic E-state index is 12.5. The van der Waals surface area contributed by atoms with Gasteiger partial charge in [0, 0.05) is 11.4 Å². The molecule has 1 amide bonds.